The normalized spacial score (nSPS) is 10.7. The van der Waals surface area contributed by atoms with Crippen LogP contribution in [0.2, 0.25) is 0 Å². The SMILES string of the molecule is O=C(O)Cc1cc(=O)oc2cc(Nc3cccs3)ccc12. The van der Waals surface area contributed by atoms with E-state index in [1.807, 2.05) is 23.6 Å². The van der Waals surface area contributed by atoms with Crippen molar-refractivity contribution >= 4 is 39.0 Å². The van der Waals surface area contributed by atoms with Crippen molar-refractivity contribution in [3.05, 3.63) is 57.8 Å². The van der Waals surface area contributed by atoms with E-state index in [4.69, 9.17) is 9.52 Å². The van der Waals surface area contributed by atoms with Crippen LogP contribution >= 0.6 is 11.3 Å². The summed E-state index contributed by atoms with van der Waals surface area (Å²) in [7, 11) is 0. The second-order valence-electron chi connectivity index (χ2n) is 4.47. The van der Waals surface area contributed by atoms with Gasteiger partial charge in [0, 0.05) is 23.2 Å². The highest BCUT2D eigenvalue weighted by molar-refractivity contribution is 7.14. The lowest BCUT2D eigenvalue weighted by molar-refractivity contribution is -0.136. The van der Waals surface area contributed by atoms with Crippen LogP contribution in [-0.2, 0) is 11.2 Å². The number of carboxylic acid groups (broad SMARTS) is 1. The van der Waals surface area contributed by atoms with E-state index in [0.717, 1.165) is 10.7 Å². The van der Waals surface area contributed by atoms with Gasteiger partial charge in [0.25, 0.3) is 0 Å². The quantitative estimate of drug-likeness (QED) is 0.723. The molecule has 2 heterocycles. The lowest BCUT2D eigenvalue weighted by atomic mass is 10.1. The molecular formula is C15H11NO4S. The summed E-state index contributed by atoms with van der Waals surface area (Å²) in [6.07, 6.45) is -0.209. The van der Waals surface area contributed by atoms with Crippen molar-refractivity contribution in [2.45, 2.75) is 6.42 Å². The first-order valence-electron chi connectivity index (χ1n) is 6.21. The highest BCUT2D eigenvalue weighted by Gasteiger charge is 2.10. The topological polar surface area (TPSA) is 79.5 Å². The molecule has 0 atom stereocenters. The van der Waals surface area contributed by atoms with Gasteiger partial charge in [-0.25, -0.2) is 4.79 Å². The van der Waals surface area contributed by atoms with Crippen LogP contribution in [0.5, 0.6) is 0 Å². The van der Waals surface area contributed by atoms with Crippen molar-refractivity contribution in [2.24, 2.45) is 0 Å². The van der Waals surface area contributed by atoms with Gasteiger partial charge in [0.1, 0.15) is 5.58 Å². The van der Waals surface area contributed by atoms with Crippen molar-refractivity contribution in [1.82, 2.24) is 0 Å². The molecule has 0 aliphatic rings. The summed E-state index contributed by atoms with van der Waals surface area (Å²) >= 11 is 1.56. The number of carbonyl (C=O) groups is 1. The first-order valence-corrected chi connectivity index (χ1v) is 7.09. The zero-order chi connectivity index (χ0) is 14.8. The fourth-order valence-electron chi connectivity index (χ4n) is 2.11. The number of nitrogens with one attached hydrogen (secondary N) is 1. The third kappa shape index (κ3) is 2.95. The van der Waals surface area contributed by atoms with Crippen LogP contribution in [0, 0.1) is 0 Å². The average Bonchev–Trinajstić information content (AvgIpc) is 2.90. The average molecular weight is 301 g/mol. The number of hydrogen-bond acceptors (Lipinski definition) is 5. The monoisotopic (exact) mass is 301 g/mol. The molecule has 2 aromatic heterocycles. The zero-order valence-electron chi connectivity index (χ0n) is 10.8. The van der Waals surface area contributed by atoms with Gasteiger partial charge in [-0.3, -0.25) is 4.79 Å². The van der Waals surface area contributed by atoms with Gasteiger partial charge < -0.3 is 14.8 Å². The second kappa shape index (κ2) is 5.41. The van der Waals surface area contributed by atoms with E-state index in [2.05, 4.69) is 5.32 Å². The molecule has 1 aromatic carbocycles. The Morgan fingerprint density at radius 3 is 2.86 bits per heavy atom. The smallest absolute Gasteiger partial charge is 0.336 e. The van der Waals surface area contributed by atoms with Crippen LogP contribution < -0.4 is 10.9 Å². The molecule has 0 spiro atoms. The number of carboxylic acids is 1. The predicted molar refractivity (Wildman–Crippen MR) is 81.4 cm³/mol. The Labute approximate surface area is 123 Å². The van der Waals surface area contributed by atoms with E-state index in [1.54, 1.807) is 23.5 Å². The van der Waals surface area contributed by atoms with Gasteiger partial charge in [0.05, 0.1) is 11.4 Å². The lowest BCUT2D eigenvalue weighted by Crippen LogP contribution is -2.06. The summed E-state index contributed by atoms with van der Waals surface area (Å²) < 4.78 is 5.16. The van der Waals surface area contributed by atoms with Crippen molar-refractivity contribution in [1.29, 1.82) is 0 Å². The second-order valence-corrected chi connectivity index (χ2v) is 5.42. The number of benzene rings is 1. The van der Waals surface area contributed by atoms with Crippen LogP contribution in [0.1, 0.15) is 5.56 Å². The number of fused-ring (bicyclic) bond motifs is 1. The summed E-state index contributed by atoms with van der Waals surface area (Å²) in [6.45, 7) is 0. The molecule has 0 unspecified atom stereocenters. The molecule has 3 aromatic rings. The summed E-state index contributed by atoms with van der Waals surface area (Å²) in [4.78, 5) is 22.4. The van der Waals surface area contributed by atoms with Crippen LogP contribution in [-0.4, -0.2) is 11.1 Å². The van der Waals surface area contributed by atoms with Gasteiger partial charge in [-0.15, -0.1) is 11.3 Å². The molecule has 6 heteroatoms. The number of hydrogen-bond donors (Lipinski definition) is 2. The lowest BCUT2D eigenvalue weighted by Gasteiger charge is -2.07. The summed E-state index contributed by atoms with van der Waals surface area (Å²) in [5, 5.41) is 15.7. The first kappa shape index (κ1) is 13.4. The fourth-order valence-corrected chi connectivity index (χ4v) is 2.75. The van der Waals surface area contributed by atoms with Crippen molar-refractivity contribution in [2.75, 3.05) is 5.32 Å². The third-order valence-corrected chi connectivity index (χ3v) is 3.75. The fraction of sp³-hybridized carbons (Fsp3) is 0.0667. The minimum Gasteiger partial charge on any atom is -0.481 e. The van der Waals surface area contributed by atoms with E-state index < -0.39 is 11.6 Å². The van der Waals surface area contributed by atoms with Gasteiger partial charge in [-0.05, 0) is 35.2 Å². The molecule has 21 heavy (non-hydrogen) atoms. The molecule has 0 radical (unpaired) electrons. The number of aliphatic carboxylic acids is 1. The van der Waals surface area contributed by atoms with Crippen LogP contribution in [0.3, 0.4) is 0 Å². The summed E-state index contributed by atoms with van der Waals surface area (Å²) in [5.74, 6) is -0.984. The zero-order valence-corrected chi connectivity index (χ0v) is 11.6. The van der Waals surface area contributed by atoms with Gasteiger partial charge in [-0.2, -0.15) is 0 Å². The summed E-state index contributed by atoms with van der Waals surface area (Å²) in [5.41, 5.74) is 1.06. The van der Waals surface area contributed by atoms with E-state index in [9.17, 15) is 9.59 Å². The van der Waals surface area contributed by atoms with E-state index in [1.165, 1.54) is 6.07 Å². The maximum Gasteiger partial charge on any atom is 0.336 e. The van der Waals surface area contributed by atoms with Crippen molar-refractivity contribution < 1.29 is 14.3 Å². The summed E-state index contributed by atoms with van der Waals surface area (Å²) in [6, 6.07) is 10.4. The molecule has 0 aliphatic carbocycles. The van der Waals surface area contributed by atoms with Gasteiger partial charge in [0.2, 0.25) is 0 Å². The van der Waals surface area contributed by atoms with E-state index in [0.29, 0.717) is 16.5 Å². The van der Waals surface area contributed by atoms with E-state index in [-0.39, 0.29) is 6.42 Å². The largest absolute Gasteiger partial charge is 0.481 e. The van der Waals surface area contributed by atoms with Crippen molar-refractivity contribution in [3.8, 4) is 0 Å². The molecule has 0 fully saturated rings. The Kier molecular flexibility index (Phi) is 3.45. The number of anilines is 2. The number of thiophene rings is 1. The molecule has 0 amide bonds. The molecular weight excluding hydrogens is 290 g/mol. The van der Waals surface area contributed by atoms with Gasteiger partial charge in [0.15, 0.2) is 0 Å². The Bertz CT molecular complexity index is 852. The van der Waals surface area contributed by atoms with Crippen molar-refractivity contribution in [3.63, 3.8) is 0 Å². The molecule has 3 rings (SSSR count). The van der Waals surface area contributed by atoms with Crippen LogP contribution in [0.4, 0.5) is 10.7 Å². The Balaban J connectivity index is 2.05. The number of rotatable bonds is 4. The van der Waals surface area contributed by atoms with Crippen LogP contribution in [0.15, 0.2) is 51.0 Å². The molecule has 2 N–H and O–H groups in total. The molecule has 0 saturated heterocycles. The standard InChI is InChI=1S/C15H11NO4S/c17-14(18)6-9-7-15(19)20-12-8-10(3-4-11(9)12)16-13-2-1-5-21-13/h1-5,7-8,16H,6H2,(H,17,18). The minimum absolute atomic E-state index is 0.209. The third-order valence-electron chi connectivity index (χ3n) is 2.96. The molecule has 5 nitrogen and oxygen atoms in total. The van der Waals surface area contributed by atoms with E-state index >= 15 is 0 Å². The molecule has 0 saturated carbocycles. The van der Waals surface area contributed by atoms with Gasteiger partial charge >= 0.3 is 11.6 Å². The van der Waals surface area contributed by atoms with Gasteiger partial charge in [-0.1, -0.05) is 0 Å². The highest BCUT2D eigenvalue weighted by atomic mass is 32.1. The molecule has 0 aliphatic heterocycles. The first-order chi connectivity index (χ1) is 10.1. The van der Waals surface area contributed by atoms with Crippen LogP contribution in [0.25, 0.3) is 11.0 Å². The maximum absolute atomic E-state index is 11.5. The Morgan fingerprint density at radius 2 is 2.14 bits per heavy atom. The Morgan fingerprint density at radius 1 is 1.29 bits per heavy atom. The molecule has 106 valence electrons. The Hall–Kier alpha value is -2.60. The molecule has 0 bridgehead atoms. The predicted octanol–water partition coefficient (Wildman–Crippen LogP) is 3.23. The highest BCUT2D eigenvalue weighted by Crippen LogP contribution is 2.26. The minimum atomic E-state index is -0.984. The maximum atomic E-state index is 11.5.